The van der Waals surface area contributed by atoms with Crippen molar-refractivity contribution in [2.75, 3.05) is 6.61 Å². The molecule has 3 unspecified atom stereocenters. The van der Waals surface area contributed by atoms with Gasteiger partial charge in [-0.1, -0.05) is 269 Å². The molecule has 0 aromatic rings. The van der Waals surface area contributed by atoms with E-state index < -0.39 is 18.2 Å². The highest BCUT2D eigenvalue weighted by Crippen LogP contribution is 2.17. The third kappa shape index (κ3) is 44.4. The molecule has 0 aromatic carbocycles. The molecule has 0 saturated heterocycles. The molecular weight excluding hydrogens is 715 g/mol. The van der Waals surface area contributed by atoms with Gasteiger partial charge in [-0.15, -0.1) is 0 Å². The molecule has 0 aliphatic heterocycles. The van der Waals surface area contributed by atoms with Crippen LogP contribution in [0.3, 0.4) is 0 Å². The molecule has 58 heavy (non-hydrogen) atoms. The molecule has 0 bridgehead atoms. The molecule has 0 spiro atoms. The largest absolute Gasteiger partial charge is 0.394 e. The summed E-state index contributed by atoms with van der Waals surface area (Å²) < 4.78 is 0. The third-order valence-electron chi connectivity index (χ3n) is 12.2. The van der Waals surface area contributed by atoms with Crippen molar-refractivity contribution in [1.29, 1.82) is 0 Å². The van der Waals surface area contributed by atoms with Crippen molar-refractivity contribution in [2.24, 2.45) is 0 Å². The number of unbranched alkanes of at least 4 members (excludes halogenated alkanes) is 37. The predicted molar refractivity (Wildman–Crippen MR) is 255 cm³/mol. The van der Waals surface area contributed by atoms with Gasteiger partial charge in [-0.2, -0.15) is 0 Å². The van der Waals surface area contributed by atoms with E-state index >= 15 is 0 Å². The first-order chi connectivity index (χ1) is 28.5. The van der Waals surface area contributed by atoms with E-state index in [4.69, 9.17) is 0 Å². The standard InChI is InChI=1S/C53H103NO4/c1-3-5-7-9-11-13-15-17-19-20-21-22-23-24-25-26-27-28-29-30-31-32-33-34-36-38-40-42-44-46-50(56)48-53(58)54-51(49-55)52(57)47-45-43-41-39-37-35-18-16-14-12-10-8-6-4-2/h37,39,45,47,50-52,55-57H,3-36,38,40-44,46,48-49H2,1-2H3,(H,54,58)/b39-37+,47-45+. The zero-order valence-corrected chi connectivity index (χ0v) is 39.2. The molecule has 5 nitrogen and oxygen atoms in total. The average Bonchev–Trinajstić information content (AvgIpc) is 3.22. The quantitative estimate of drug-likeness (QED) is 0.0364. The highest BCUT2D eigenvalue weighted by atomic mass is 16.3. The summed E-state index contributed by atoms with van der Waals surface area (Å²) in [5.41, 5.74) is 0. The first kappa shape index (κ1) is 56.8. The third-order valence-corrected chi connectivity index (χ3v) is 12.2. The SMILES string of the molecule is CCCCCCCCCC/C=C/CC/C=C/C(O)C(CO)NC(=O)CC(O)CCCCCCCCCCCCCCCCCCCCCCCCCCCCCCC. The highest BCUT2D eigenvalue weighted by molar-refractivity contribution is 5.76. The summed E-state index contributed by atoms with van der Waals surface area (Å²) in [6, 6.07) is -0.758. The van der Waals surface area contributed by atoms with Crippen LogP contribution in [0.4, 0.5) is 0 Å². The molecule has 0 radical (unpaired) electrons. The maximum atomic E-state index is 12.5. The minimum atomic E-state index is -0.948. The van der Waals surface area contributed by atoms with Gasteiger partial charge in [0.05, 0.1) is 31.3 Å². The van der Waals surface area contributed by atoms with E-state index in [9.17, 15) is 20.1 Å². The Labute approximate surface area is 362 Å². The smallest absolute Gasteiger partial charge is 0.222 e. The van der Waals surface area contributed by atoms with Crippen LogP contribution in [0, 0.1) is 0 Å². The van der Waals surface area contributed by atoms with Crippen LogP contribution < -0.4 is 5.32 Å². The van der Waals surface area contributed by atoms with E-state index in [1.165, 1.54) is 225 Å². The minimum Gasteiger partial charge on any atom is -0.394 e. The zero-order valence-electron chi connectivity index (χ0n) is 39.2. The molecular formula is C53H103NO4. The van der Waals surface area contributed by atoms with Crippen LogP contribution >= 0.6 is 0 Å². The number of hydrogen-bond acceptors (Lipinski definition) is 4. The number of aliphatic hydroxyl groups excluding tert-OH is 3. The van der Waals surface area contributed by atoms with Gasteiger partial charge in [-0.25, -0.2) is 0 Å². The number of carbonyl (C=O) groups excluding carboxylic acids is 1. The Balaban J connectivity index is 3.52. The Kier molecular flexibility index (Phi) is 47.5. The fourth-order valence-corrected chi connectivity index (χ4v) is 8.24. The lowest BCUT2D eigenvalue weighted by Crippen LogP contribution is -2.45. The summed E-state index contributed by atoms with van der Waals surface area (Å²) in [5.74, 6) is -0.321. The Morgan fingerprint density at radius 3 is 1.10 bits per heavy atom. The molecule has 0 rings (SSSR count). The maximum Gasteiger partial charge on any atom is 0.222 e. The van der Waals surface area contributed by atoms with E-state index in [2.05, 4.69) is 31.3 Å². The monoisotopic (exact) mass is 818 g/mol. The van der Waals surface area contributed by atoms with E-state index in [0.29, 0.717) is 6.42 Å². The second-order valence-electron chi connectivity index (χ2n) is 18.1. The molecule has 0 aromatic heterocycles. The Morgan fingerprint density at radius 1 is 0.431 bits per heavy atom. The molecule has 4 N–H and O–H groups in total. The summed E-state index contributed by atoms with van der Waals surface area (Å²) in [4.78, 5) is 12.5. The topological polar surface area (TPSA) is 89.8 Å². The summed E-state index contributed by atoms with van der Waals surface area (Å²) >= 11 is 0. The summed E-state index contributed by atoms with van der Waals surface area (Å²) in [7, 11) is 0. The number of nitrogens with one attached hydrogen (secondary N) is 1. The van der Waals surface area contributed by atoms with Gasteiger partial charge in [0.2, 0.25) is 5.91 Å². The Bertz CT molecular complexity index is 859. The average molecular weight is 818 g/mol. The van der Waals surface area contributed by atoms with E-state index in [1.54, 1.807) is 6.08 Å². The summed E-state index contributed by atoms with van der Waals surface area (Å²) in [5, 5.41) is 33.3. The van der Waals surface area contributed by atoms with E-state index in [0.717, 1.165) is 32.1 Å². The molecule has 344 valence electrons. The number of amides is 1. The van der Waals surface area contributed by atoms with Crippen LogP contribution in [0.15, 0.2) is 24.3 Å². The van der Waals surface area contributed by atoms with Crippen LogP contribution in [0.25, 0.3) is 0 Å². The second-order valence-corrected chi connectivity index (χ2v) is 18.1. The highest BCUT2D eigenvalue weighted by Gasteiger charge is 2.20. The van der Waals surface area contributed by atoms with Gasteiger partial charge in [0.25, 0.3) is 0 Å². The van der Waals surface area contributed by atoms with Crippen molar-refractivity contribution < 1.29 is 20.1 Å². The second kappa shape index (κ2) is 48.5. The van der Waals surface area contributed by atoms with Crippen molar-refractivity contribution >= 4 is 5.91 Å². The van der Waals surface area contributed by atoms with Crippen molar-refractivity contribution in [3.05, 3.63) is 24.3 Å². The number of aliphatic hydroxyl groups is 3. The lowest BCUT2D eigenvalue weighted by molar-refractivity contribution is -0.124. The molecule has 0 aliphatic carbocycles. The summed E-state index contributed by atoms with van der Waals surface area (Å²) in [6.45, 7) is 4.22. The lowest BCUT2D eigenvalue weighted by Gasteiger charge is -2.21. The van der Waals surface area contributed by atoms with Crippen molar-refractivity contribution in [2.45, 2.75) is 302 Å². The number of hydrogen-bond donors (Lipinski definition) is 4. The Morgan fingerprint density at radius 2 is 0.741 bits per heavy atom. The number of allylic oxidation sites excluding steroid dienone is 3. The Hall–Kier alpha value is -1.17. The van der Waals surface area contributed by atoms with Gasteiger partial charge >= 0.3 is 0 Å². The van der Waals surface area contributed by atoms with Gasteiger partial charge in [0.1, 0.15) is 0 Å². The molecule has 5 heteroatoms. The fourth-order valence-electron chi connectivity index (χ4n) is 8.24. The maximum absolute atomic E-state index is 12.5. The van der Waals surface area contributed by atoms with Crippen molar-refractivity contribution in [3.8, 4) is 0 Å². The minimum absolute atomic E-state index is 0.0100. The number of rotatable bonds is 48. The molecule has 0 heterocycles. The van der Waals surface area contributed by atoms with Crippen LogP contribution in [0.2, 0.25) is 0 Å². The molecule has 1 amide bonds. The van der Waals surface area contributed by atoms with E-state index in [-0.39, 0.29) is 18.9 Å². The van der Waals surface area contributed by atoms with Gasteiger partial charge in [0, 0.05) is 0 Å². The molecule has 0 saturated carbocycles. The van der Waals surface area contributed by atoms with Crippen LogP contribution in [0.1, 0.15) is 284 Å². The zero-order chi connectivity index (χ0) is 42.3. The van der Waals surface area contributed by atoms with E-state index in [1.807, 2.05) is 6.08 Å². The number of carbonyl (C=O) groups is 1. The normalized spacial score (nSPS) is 13.5. The van der Waals surface area contributed by atoms with Gasteiger partial charge in [0.15, 0.2) is 0 Å². The molecule has 3 atom stereocenters. The predicted octanol–water partition coefficient (Wildman–Crippen LogP) is 15.7. The molecule has 0 aliphatic rings. The first-order valence-corrected chi connectivity index (χ1v) is 26.1. The van der Waals surface area contributed by atoms with Gasteiger partial charge < -0.3 is 20.6 Å². The van der Waals surface area contributed by atoms with Crippen molar-refractivity contribution in [3.63, 3.8) is 0 Å². The van der Waals surface area contributed by atoms with Crippen molar-refractivity contribution in [1.82, 2.24) is 5.32 Å². The lowest BCUT2D eigenvalue weighted by atomic mass is 10.0. The summed E-state index contributed by atoms with van der Waals surface area (Å²) in [6.07, 6.45) is 60.8. The van der Waals surface area contributed by atoms with Gasteiger partial charge in [-0.3, -0.25) is 4.79 Å². The molecule has 0 fully saturated rings. The fraction of sp³-hybridized carbons (Fsp3) is 0.906. The first-order valence-electron chi connectivity index (χ1n) is 26.1. The van der Waals surface area contributed by atoms with Crippen LogP contribution in [-0.2, 0) is 4.79 Å². The van der Waals surface area contributed by atoms with Gasteiger partial charge in [-0.05, 0) is 32.1 Å². The van der Waals surface area contributed by atoms with Crippen LogP contribution in [0.5, 0.6) is 0 Å². The van der Waals surface area contributed by atoms with Crippen LogP contribution in [-0.4, -0.2) is 46.1 Å².